The Bertz CT molecular complexity index is 1690. The highest BCUT2D eigenvalue weighted by Crippen LogP contribution is 2.50. The summed E-state index contributed by atoms with van der Waals surface area (Å²) in [7, 11) is 1.75. The van der Waals surface area contributed by atoms with Gasteiger partial charge in [0, 0.05) is 42.0 Å². The molecule has 5 heterocycles. The van der Waals surface area contributed by atoms with Crippen LogP contribution in [0.15, 0.2) is 49.3 Å². The molecule has 1 aliphatic carbocycles. The van der Waals surface area contributed by atoms with Crippen LogP contribution in [0.2, 0.25) is 0 Å². The van der Waals surface area contributed by atoms with Gasteiger partial charge in [0.25, 0.3) is 0 Å². The number of aromatic nitrogens is 9. The van der Waals surface area contributed by atoms with Gasteiger partial charge in [-0.2, -0.15) is 32.9 Å². The van der Waals surface area contributed by atoms with E-state index in [0.717, 1.165) is 22.6 Å². The minimum Gasteiger partial charge on any atom is -0.324 e. The van der Waals surface area contributed by atoms with E-state index in [4.69, 9.17) is 0 Å². The standard InChI is InChI=1S/C23H18F4N10O/c1-22(12-8-32-35(2)11-12)7-14(15-10-28-18-6-17(24)34-36(18)19(15)22)21(38)33-13-5-16(23(25,26)27)20(29-9-13)37-30-3-4-31-37/h3-6,8-11,14H,7H2,1-2H3,(H,33,38)/t14-,22-/m0/s1. The second-order valence-electron chi connectivity index (χ2n) is 9.19. The lowest BCUT2D eigenvalue weighted by Crippen LogP contribution is -2.25. The molecule has 0 fully saturated rings. The van der Waals surface area contributed by atoms with Crippen molar-refractivity contribution in [3.63, 3.8) is 0 Å². The maximum Gasteiger partial charge on any atom is 0.420 e. The van der Waals surface area contributed by atoms with Crippen LogP contribution in [0.5, 0.6) is 0 Å². The SMILES string of the molecule is Cn1cc([C@]2(C)C[C@H](C(=O)Nc3cnc(-n4nccn4)c(C(F)(F)F)c3)c3cnc4cc(F)nn4c32)cn1. The Hall–Kier alpha value is -4.69. The molecule has 194 valence electrons. The van der Waals surface area contributed by atoms with Crippen LogP contribution in [0.4, 0.5) is 23.2 Å². The molecular formula is C23H18F4N10O. The van der Waals surface area contributed by atoms with Gasteiger partial charge >= 0.3 is 6.18 Å². The normalized spacial score (nSPS) is 19.2. The number of carbonyl (C=O) groups excluding carboxylic acids is 1. The highest BCUT2D eigenvalue weighted by atomic mass is 19.4. The molecule has 5 aromatic heterocycles. The Morgan fingerprint density at radius 1 is 1.11 bits per heavy atom. The van der Waals surface area contributed by atoms with Crippen molar-refractivity contribution in [1.29, 1.82) is 0 Å². The van der Waals surface area contributed by atoms with E-state index in [-0.39, 0.29) is 17.8 Å². The summed E-state index contributed by atoms with van der Waals surface area (Å²) < 4.78 is 58.5. The van der Waals surface area contributed by atoms with E-state index in [9.17, 15) is 22.4 Å². The van der Waals surface area contributed by atoms with Crippen LogP contribution >= 0.6 is 0 Å². The topological polar surface area (TPSA) is 121 Å². The molecule has 0 saturated carbocycles. The number of alkyl halides is 3. The maximum atomic E-state index is 14.1. The number of anilines is 1. The number of fused-ring (bicyclic) bond motifs is 3. The molecule has 0 aromatic carbocycles. The molecule has 1 amide bonds. The van der Waals surface area contributed by atoms with Gasteiger partial charge in [0.1, 0.15) is 5.56 Å². The fourth-order valence-corrected chi connectivity index (χ4v) is 4.98. The van der Waals surface area contributed by atoms with Crippen LogP contribution in [0.3, 0.4) is 0 Å². The van der Waals surface area contributed by atoms with E-state index >= 15 is 0 Å². The zero-order valence-electron chi connectivity index (χ0n) is 19.8. The number of hydrogen-bond acceptors (Lipinski definition) is 7. The number of carbonyl (C=O) groups is 1. The van der Waals surface area contributed by atoms with Crippen molar-refractivity contribution in [3.8, 4) is 5.82 Å². The molecule has 0 unspecified atom stereocenters. The van der Waals surface area contributed by atoms with E-state index in [1.165, 1.54) is 29.2 Å². The third-order valence-corrected chi connectivity index (χ3v) is 6.70. The van der Waals surface area contributed by atoms with Gasteiger partial charge in [0.05, 0.1) is 42.1 Å². The minimum atomic E-state index is -4.78. The zero-order valence-corrected chi connectivity index (χ0v) is 19.8. The van der Waals surface area contributed by atoms with Crippen molar-refractivity contribution in [3.05, 3.63) is 77.6 Å². The average molecular weight is 526 g/mol. The highest BCUT2D eigenvalue weighted by Gasteiger charge is 2.48. The van der Waals surface area contributed by atoms with Gasteiger partial charge < -0.3 is 5.32 Å². The van der Waals surface area contributed by atoms with Crippen molar-refractivity contribution in [2.45, 2.75) is 30.9 Å². The van der Waals surface area contributed by atoms with E-state index < -0.39 is 40.7 Å². The number of pyridine rings is 1. The molecule has 11 nitrogen and oxygen atoms in total. The summed E-state index contributed by atoms with van der Waals surface area (Å²) in [6.45, 7) is 1.88. The number of rotatable bonds is 4. The molecule has 1 aliphatic rings. The second-order valence-corrected chi connectivity index (χ2v) is 9.19. The van der Waals surface area contributed by atoms with Crippen molar-refractivity contribution < 1.29 is 22.4 Å². The van der Waals surface area contributed by atoms with Gasteiger partial charge in [-0.15, -0.1) is 9.90 Å². The van der Waals surface area contributed by atoms with Crippen LogP contribution < -0.4 is 5.32 Å². The molecule has 2 atom stereocenters. The van der Waals surface area contributed by atoms with Gasteiger partial charge in [-0.1, -0.05) is 0 Å². The Morgan fingerprint density at radius 3 is 2.55 bits per heavy atom. The summed E-state index contributed by atoms with van der Waals surface area (Å²) in [5.74, 6) is -2.67. The van der Waals surface area contributed by atoms with Crippen molar-refractivity contribution in [2.75, 3.05) is 5.32 Å². The lowest BCUT2D eigenvalue weighted by Gasteiger charge is -2.24. The summed E-state index contributed by atoms with van der Waals surface area (Å²) >= 11 is 0. The van der Waals surface area contributed by atoms with Gasteiger partial charge in [0.2, 0.25) is 11.9 Å². The first-order chi connectivity index (χ1) is 18.0. The third-order valence-electron chi connectivity index (χ3n) is 6.70. The summed E-state index contributed by atoms with van der Waals surface area (Å²) in [5.41, 5.74) is -0.0466. The van der Waals surface area contributed by atoms with Crippen molar-refractivity contribution in [1.82, 2.24) is 44.4 Å². The fraction of sp³-hybridized carbons (Fsp3) is 0.261. The van der Waals surface area contributed by atoms with E-state index in [2.05, 4.69) is 35.7 Å². The molecule has 1 N–H and O–H groups in total. The third kappa shape index (κ3) is 3.69. The van der Waals surface area contributed by atoms with E-state index in [0.29, 0.717) is 11.3 Å². The van der Waals surface area contributed by atoms with Crippen LogP contribution in [-0.2, 0) is 23.4 Å². The molecule has 6 rings (SSSR count). The summed E-state index contributed by atoms with van der Waals surface area (Å²) in [6.07, 6.45) is 3.91. The predicted molar refractivity (Wildman–Crippen MR) is 123 cm³/mol. The lowest BCUT2D eigenvalue weighted by atomic mass is 9.80. The molecule has 5 aromatic rings. The summed E-state index contributed by atoms with van der Waals surface area (Å²) in [4.78, 5) is 22.4. The maximum absolute atomic E-state index is 14.1. The first-order valence-electron chi connectivity index (χ1n) is 11.3. The van der Waals surface area contributed by atoms with E-state index in [1.54, 1.807) is 24.1 Å². The highest BCUT2D eigenvalue weighted by molar-refractivity contribution is 5.97. The van der Waals surface area contributed by atoms with Gasteiger partial charge in [-0.05, 0) is 19.4 Å². The molecular weight excluding hydrogens is 508 g/mol. The Balaban J connectivity index is 1.40. The number of halogens is 4. The van der Waals surface area contributed by atoms with Crippen LogP contribution in [0, 0.1) is 5.95 Å². The van der Waals surface area contributed by atoms with Crippen molar-refractivity contribution in [2.24, 2.45) is 7.05 Å². The lowest BCUT2D eigenvalue weighted by molar-refractivity contribution is -0.137. The van der Waals surface area contributed by atoms with Crippen LogP contribution in [0.25, 0.3) is 11.5 Å². The van der Waals surface area contributed by atoms with Crippen LogP contribution in [0.1, 0.15) is 41.6 Å². The molecule has 0 radical (unpaired) electrons. The van der Waals surface area contributed by atoms with Gasteiger partial charge in [-0.25, -0.2) is 14.5 Å². The molecule has 15 heteroatoms. The molecule has 0 spiro atoms. The molecule has 0 aliphatic heterocycles. The first-order valence-corrected chi connectivity index (χ1v) is 11.3. The Labute approximate surface area is 211 Å². The van der Waals surface area contributed by atoms with Gasteiger partial charge in [0.15, 0.2) is 11.5 Å². The van der Waals surface area contributed by atoms with Crippen molar-refractivity contribution >= 4 is 17.2 Å². The smallest absolute Gasteiger partial charge is 0.324 e. The quantitative estimate of drug-likeness (QED) is 0.358. The largest absolute Gasteiger partial charge is 0.420 e. The monoisotopic (exact) mass is 526 g/mol. The minimum absolute atomic E-state index is 0.158. The summed E-state index contributed by atoms with van der Waals surface area (Å²) in [5, 5.41) is 18.2. The number of aryl methyl sites for hydroxylation is 1. The Morgan fingerprint density at radius 2 is 1.87 bits per heavy atom. The van der Waals surface area contributed by atoms with Gasteiger partial charge in [-0.3, -0.25) is 9.48 Å². The Kier molecular flexibility index (Phi) is 5.09. The second kappa shape index (κ2) is 8.16. The van der Waals surface area contributed by atoms with E-state index in [1.807, 2.05) is 6.92 Å². The zero-order chi connectivity index (χ0) is 26.8. The van der Waals surface area contributed by atoms with Crippen LogP contribution in [-0.4, -0.2) is 50.3 Å². The number of nitrogens with zero attached hydrogens (tertiary/aromatic N) is 9. The molecule has 0 saturated heterocycles. The molecule has 0 bridgehead atoms. The fourth-order valence-electron chi connectivity index (χ4n) is 4.98. The number of amides is 1. The number of nitrogens with one attached hydrogen (secondary N) is 1. The first kappa shape index (κ1) is 23.7. The summed E-state index contributed by atoms with van der Waals surface area (Å²) in [6, 6.07) is 1.96. The molecule has 38 heavy (non-hydrogen) atoms. The average Bonchev–Trinajstić information content (AvgIpc) is 3.64. The number of hydrogen-bond donors (Lipinski definition) is 1. The predicted octanol–water partition coefficient (Wildman–Crippen LogP) is 3.03.